The predicted octanol–water partition coefficient (Wildman–Crippen LogP) is 11.8. The van der Waals surface area contributed by atoms with Crippen LogP contribution in [0.5, 0.6) is 0 Å². The van der Waals surface area contributed by atoms with E-state index in [1.807, 2.05) is 21.9 Å². The predicted molar refractivity (Wildman–Crippen MR) is 281 cm³/mol. The monoisotopic (exact) mass is 868 g/mol. The Balaban J connectivity index is 1.28. The molecule has 0 fully saturated rings. The Morgan fingerprint density at radius 1 is 0.424 bits per heavy atom. The lowest BCUT2D eigenvalue weighted by Gasteiger charge is -2.44. The molecule has 66 heavy (non-hydrogen) atoms. The zero-order valence-corrected chi connectivity index (χ0v) is 41.0. The summed E-state index contributed by atoms with van der Waals surface area (Å²) in [4.78, 5) is 20.1. The molecule has 7 heteroatoms. The summed E-state index contributed by atoms with van der Waals surface area (Å²) in [5, 5.41) is 4.22. The van der Waals surface area contributed by atoms with Gasteiger partial charge >= 0.3 is 6.03 Å². The lowest BCUT2D eigenvalue weighted by molar-refractivity contribution is 0.254. The number of amides is 2. The number of nitrogens with zero attached hydrogens (tertiary/aromatic N) is 2. The van der Waals surface area contributed by atoms with Gasteiger partial charge in [-0.15, -0.1) is 0 Å². The van der Waals surface area contributed by atoms with E-state index in [1.54, 1.807) is 0 Å². The van der Waals surface area contributed by atoms with Gasteiger partial charge in [0.2, 0.25) is 11.8 Å². The van der Waals surface area contributed by atoms with Crippen molar-refractivity contribution in [2.45, 2.75) is 109 Å². The first-order valence-corrected chi connectivity index (χ1v) is 24.1. The Kier molecular flexibility index (Phi) is 9.40. The van der Waals surface area contributed by atoms with Crippen LogP contribution in [-0.4, -0.2) is 19.5 Å². The van der Waals surface area contributed by atoms with Gasteiger partial charge in [0.15, 0.2) is 0 Å². The van der Waals surface area contributed by atoms with Crippen LogP contribution in [0.4, 0.5) is 27.9 Å². The van der Waals surface area contributed by atoms with E-state index in [4.69, 9.17) is 8.83 Å². The fourth-order valence-corrected chi connectivity index (χ4v) is 11.9. The van der Waals surface area contributed by atoms with Gasteiger partial charge in [0, 0.05) is 27.1 Å². The molecule has 0 saturated carbocycles. The molecule has 11 rings (SSSR count). The number of carbonyl (C=O) groups excluding carboxylic acids is 1. The third kappa shape index (κ3) is 6.86. The number of carbonyl (C=O) groups is 1. The molecule has 0 aliphatic carbocycles. The van der Waals surface area contributed by atoms with Crippen molar-refractivity contribution in [2.75, 3.05) is 9.80 Å². The molecule has 6 aromatic carbocycles. The van der Waals surface area contributed by atoms with Gasteiger partial charge in [-0.05, 0) is 75.8 Å². The number of furan rings is 2. The van der Waals surface area contributed by atoms with Gasteiger partial charge in [0.1, 0.15) is 11.2 Å². The maximum atomic E-state index is 16.3. The van der Waals surface area contributed by atoms with E-state index in [1.165, 1.54) is 33.2 Å². The Hall–Kier alpha value is -5.94. The highest BCUT2D eigenvalue weighted by Gasteiger charge is 2.53. The number of para-hydroxylation sites is 2. The summed E-state index contributed by atoms with van der Waals surface area (Å²) in [7, 11) is 0. The highest BCUT2D eigenvalue weighted by Crippen LogP contribution is 2.49. The van der Waals surface area contributed by atoms with Gasteiger partial charge in [0.25, 0.3) is 13.4 Å². The molecule has 8 aromatic rings. The topological polar surface area (TPSA) is 49.8 Å². The van der Waals surface area contributed by atoms with Crippen LogP contribution in [0.3, 0.4) is 0 Å². The van der Waals surface area contributed by atoms with Crippen molar-refractivity contribution in [3.63, 3.8) is 0 Å². The van der Waals surface area contributed by atoms with Gasteiger partial charge in [0.05, 0.1) is 11.4 Å². The van der Waals surface area contributed by atoms with Crippen molar-refractivity contribution in [3.8, 4) is 0 Å². The number of anilines is 4. The summed E-state index contributed by atoms with van der Waals surface area (Å²) < 4.78 is 14.2. The van der Waals surface area contributed by atoms with Crippen LogP contribution in [0.2, 0.25) is 0 Å². The molecule has 2 aromatic heterocycles. The van der Waals surface area contributed by atoms with Gasteiger partial charge in [-0.3, -0.25) is 0 Å². The highest BCUT2D eigenvalue weighted by atomic mass is 16.4. The molecule has 3 aliphatic heterocycles. The van der Waals surface area contributed by atoms with Crippen molar-refractivity contribution in [3.05, 3.63) is 131 Å². The van der Waals surface area contributed by atoms with Crippen molar-refractivity contribution in [1.82, 2.24) is 0 Å². The second-order valence-corrected chi connectivity index (χ2v) is 24.5. The number of hydrogen-bond donors (Lipinski definition) is 0. The number of hydrogen-bond acceptors (Lipinski definition) is 3. The number of urea groups is 1. The van der Waals surface area contributed by atoms with E-state index >= 15 is 4.79 Å². The quantitative estimate of drug-likeness (QED) is 0.156. The first-order chi connectivity index (χ1) is 31.2. The molecule has 0 unspecified atom stereocenters. The van der Waals surface area contributed by atoms with Crippen molar-refractivity contribution in [1.29, 1.82) is 0 Å². The molecule has 5 nitrogen and oxygen atoms in total. The van der Waals surface area contributed by atoms with Crippen molar-refractivity contribution >= 4 is 108 Å². The highest BCUT2D eigenvalue weighted by molar-refractivity contribution is 7.01. The molecular formula is C59H62B2N2O3. The average molecular weight is 869 g/mol. The summed E-state index contributed by atoms with van der Waals surface area (Å²) >= 11 is 0. The average Bonchev–Trinajstić information content (AvgIpc) is 3.79. The van der Waals surface area contributed by atoms with E-state index in [0.29, 0.717) is 11.8 Å². The second-order valence-electron chi connectivity index (χ2n) is 24.5. The van der Waals surface area contributed by atoms with Crippen LogP contribution in [0.25, 0.3) is 32.7 Å². The lowest BCUT2D eigenvalue weighted by atomic mass is 9.32. The van der Waals surface area contributed by atoms with E-state index in [9.17, 15) is 0 Å². The number of fused-ring (bicyclic) bond motifs is 8. The van der Waals surface area contributed by atoms with E-state index < -0.39 is 0 Å². The smallest absolute Gasteiger partial charge is 0.342 e. The van der Waals surface area contributed by atoms with E-state index in [0.717, 1.165) is 91.6 Å². The molecule has 0 bridgehead atoms. The Morgan fingerprint density at radius 3 is 1.12 bits per heavy atom. The largest absolute Gasteiger partial charge is 0.440 e. The molecule has 5 heterocycles. The normalized spacial score (nSPS) is 14.8. The first kappa shape index (κ1) is 42.7. The lowest BCUT2D eigenvalue weighted by Crippen LogP contribution is -2.65. The summed E-state index contributed by atoms with van der Waals surface area (Å²) in [5.74, 6) is 1.19. The minimum Gasteiger partial charge on any atom is -0.440 e. The third-order valence-corrected chi connectivity index (χ3v) is 13.9. The van der Waals surface area contributed by atoms with Crippen molar-refractivity contribution < 1.29 is 13.6 Å². The molecule has 3 aliphatic rings. The fraction of sp³-hybridized carbons (Fsp3) is 0.339. The molecule has 0 spiro atoms. The van der Waals surface area contributed by atoms with E-state index in [-0.39, 0.29) is 41.1 Å². The maximum absolute atomic E-state index is 16.3. The van der Waals surface area contributed by atoms with Crippen LogP contribution in [-0.2, 0) is 25.7 Å². The van der Waals surface area contributed by atoms with E-state index in [2.05, 4.69) is 180 Å². The zero-order valence-electron chi connectivity index (χ0n) is 41.0. The summed E-state index contributed by atoms with van der Waals surface area (Å²) in [6.07, 6.45) is 3.66. The number of benzene rings is 6. The van der Waals surface area contributed by atoms with Gasteiger partial charge < -0.3 is 8.83 Å². The summed E-state index contributed by atoms with van der Waals surface area (Å²) in [6, 6.07) is 39.7. The minimum atomic E-state index is -0.183. The number of rotatable bonds is 6. The molecule has 0 N–H and O–H groups in total. The van der Waals surface area contributed by atoms with Gasteiger partial charge in [-0.25, -0.2) is 14.6 Å². The van der Waals surface area contributed by atoms with Crippen LogP contribution < -0.4 is 42.6 Å². The zero-order chi connectivity index (χ0) is 46.4. The fourth-order valence-electron chi connectivity index (χ4n) is 11.9. The molecular weight excluding hydrogens is 806 g/mol. The Bertz CT molecular complexity index is 3020. The summed E-state index contributed by atoms with van der Waals surface area (Å²) in [6.45, 7) is 27.7. The van der Waals surface area contributed by atoms with Crippen LogP contribution in [0.1, 0.15) is 105 Å². The maximum Gasteiger partial charge on any atom is 0.342 e. The Morgan fingerprint density at radius 2 is 0.773 bits per heavy atom. The summed E-state index contributed by atoms with van der Waals surface area (Å²) in [5.41, 5.74) is 16.0. The Labute approximate surface area is 391 Å². The molecule has 0 atom stereocenters. The SMILES string of the molecule is CC(C)(C)Cc1cccc(CC(C)(C)C)c1B1c2ccc3ccc4c5c3c2N(C(=O)N5c2oc3ccccc3c2B4c2c(CC(C)(C)C)cccc2CC(C)(C)C)c2oc3ccccc3c21. The second kappa shape index (κ2) is 14.5. The van der Waals surface area contributed by atoms with Gasteiger partial charge in [-0.2, -0.15) is 0 Å². The molecule has 332 valence electrons. The van der Waals surface area contributed by atoms with Crippen molar-refractivity contribution in [2.24, 2.45) is 21.7 Å². The molecule has 0 radical (unpaired) electrons. The van der Waals surface area contributed by atoms with Crippen LogP contribution >= 0.6 is 0 Å². The van der Waals surface area contributed by atoms with Crippen LogP contribution in [0.15, 0.2) is 118 Å². The van der Waals surface area contributed by atoms with Gasteiger partial charge in [-0.1, -0.05) is 213 Å². The molecule has 2 amide bonds. The molecule has 0 saturated heterocycles. The standard InChI is InChI=1S/C59H62B2N2O3/c1-56(2,3)31-36-19-17-20-37(32-57(4,5)6)47(36)60-42-29-27-35-28-30-43-52-46(35)51(42)62(53-49(60)40-23-13-15-25-44(40)65-53)55(64)63(52)54-50(41-24-14-16-26-45(41)66-54)61(43)48-38(33-58(7,8)9)21-18-22-39(48)34-59(10,11)12/h13-30H,31-34H2,1-12H3. The van der Waals surface area contributed by atoms with Crippen LogP contribution in [0, 0.1) is 21.7 Å². The third-order valence-electron chi connectivity index (χ3n) is 13.9. The minimum absolute atomic E-state index is 0.0404. The first-order valence-electron chi connectivity index (χ1n) is 24.1.